The lowest BCUT2D eigenvalue weighted by Crippen LogP contribution is -2.12. The minimum absolute atomic E-state index is 0.758. The molecule has 0 heterocycles. The number of anilines is 1. The molecule has 0 saturated carbocycles. The van der Waals surface area contributed by atoms with Crippen LogP contribution in [-0.2, 0) is 6.42 Å². The Morgan fingerprint density at radius 2 is 1.81 bits per heavy atom. The molecule has 26 heavy (non-hydrogen) atoms. The molecule has 0 aliphatic carbocycles. The highest BCUT2D eigenvalue weighted by Crippen LogP contribution is 2.24. The Bertz CT molecular complexity index is 786. The molecule has 0 aliphatic heterocycles. The van der Waals surface area contributed by atoms with Crippen molar-refractivity contribution in [1.82, 2.24) is 5.32 Å². The van der Waals surface area contributed by atoms with E-state index in [1.165, 1.54) is 11.8 Å². The van der Waals surface area contributed by atoms with Gasteiger partial charge in [0.1, 0.15) is 0 Å². The predicted molar refractivity (Wildman–Crippen MR) is 113 cm³/mol. The molecule has 3 heteroatoms. The minimum atomic E-state index is 0.758. The van der Waals surface area contributed by atoms with E-state index in [2.05, 4.69) is 48.7 Å². The number of benzene rings is 2. The van der Waals surface area contributed by atoms with Crippen molar-refractivity contribution in [2.24, 2.45) is 0 Å². The first-order chi connectivity index (χ1) is 12.7. The van der Waals surface area contributed by atoms with Gasteiger partial charge in [0.05, 0.1) is 0 Å². The fraction of sp³-hybridized carbons (Fsp3) is 0.174. The maximum atomic E-state index is 7.25. The van der Waals surface area contributed by atoms with Crippen LogP contribution < -0.4 is 11.1 Å². The zero-order valence-corrected chi connectivity index (χ0v) is 15.3. The smallest absolute Gasteiger partial charge is 0.0393 e. The van der Waals surface area contributed by atoms with Crippen molar-refractivity contribution in [3.05, 3.63) is 95.7 Å². The van der Waals surface area contributed by atoms with Crippen LogP contribution in [0.15, 0.2) is 84.6 Å². The van der Waals surface area contributed by atoms with Gasteiger partial charge in [-0.15, -0.1) is 0 Å². The SMILES string of the molecule is CCCNC(/C=C\C=N)=C\C(=C\Cc1ccccc1)c1ccccc1N. The van der Waals surface area contributed by atoms with Crippen molar-refractivity contribution in [3.8, 4) is 0 Å². The molecule has 0 amide bonds. The molecule has 134 valence electrons. The summed E-state index contributed by atoms with van der Waals surface area (Å²) in [5, 5.41) is 10.7. The van der Waals surface area contributed by atoms with E-state index in [9.17, 15) is 0 Å². The number of para-hydroxylation sites is 1. The number of nitrogens with two attached hydrogens (primary N) is 1. The summed E-state index contributed by atoms with van der Waals surface area (Å²) in [4.78, 5) is 0. The summed E-state index contributed by atoms with van der Waals surface area (Å²) in [5.74, 6) is 0. The van der Waals surface area contributed by atoms with Gasteiger partial charge in [0.25, 0.3) is 0 Å². The minimum Gasteiger partial charge on any atom is -0.398 e. The number of hydrogen-bond acceptors (Lipinski definition) is 3. The Hall–Kier alpha value is -3.07. The molecule has 2 aromatic rings. The summed E-state index contributed by atoms with van der Waals surface area (Å²) < 4.78 is 0. The average molecular weight is 345 g/mol. The lowest BCUT2D eigenvalue weighted by molar-refractivity contribution is 0.785. The zero-order chi connectivity index (χ0) is 18.6. The second-order valence-electron chi connectivity index (χ2n) is 5.99. The van der Waals surface area contributed by atoms with Gasteiger partial charge in [0, 0.05) is 29.7 Å². The van der Waals surface area contributed by atoms with Crippen LogP contribution >= 0.6 is 0 Å². The molecule has 3 nitrogen and oxygen atoms in total. The average Bonchev–Trinajstić information content (AvgIpc) is 2.68. The zero-order valence-electron chi connectivity index (χ0n) is 15.3. The largest absolute Gasteiger partial charge is 0.398 e. The fourth-order valence-corrected chi connectivity index (χ4v) is 2.60. The quantitative estimate of drug-likeness (QED) is 0.341. The van der Waals surface area contributed by atoms with E-state index < -0.39 is 0 Å². The van der Waals surface area contributed by atoms with Crippen molar-refractivity contribution in [1.29, 1.82) is 5.41 Å². The molecular weight excluding hydrogens is 318 g/mol. The first-order valence-corrected chi connectivity index (χ1v) is 8.96. The summed E-state index contributed by atoms with van der Waals surface area (Å²) in [6, 6.07) is 18.3. The topological polar surface area (TPSA) is 61.9 Å². The van der Waals surface area contributed by atoms with Gasteiger partial charge in [0.15, 0.2) is 0 Å². The van der Waals surface area contributed by atoms with Crippen molar-refractivity contribution in [3.63, 3.8) is 0 Å². The van der Waals surface area contributed by atoms with Gasteiger partial charge in [-0.2, -0.15) is 0 Å². The van der Waals surface area contributed by atoms with Crippen molar-refractivity contribution in [2.75, 3.05) is 12.3 Å². The van der Waals surface area contributed by atoms with Crippen molar-refractivity contribution in [2.45, 2.75) is 19.8 Å². The molecule has 2 rings (SSSR count). The summed E-state index contributed by atoms with van der Waals surface area (Å²) in [5.41, 5.74) is 11.3. The van der Waals surface area contributed by atoms with Crippen LogP contribution in [0.4, 0.5) is 5.69 Å². The Balaban J connectivity index is 2.41. The highest BCUT2D eigenvalue weighted by atomic mass is 14.9. The second-order valence-corrected chi connectivity index (χ2v) is 5.99. The molecule has 0 radical (unpaired) electrons. The highest BCUT2D eigenvalue weighted by molar-refractivity contribution is 5.82. The summed E-state index contributed by atoms with van der Waals surface area (Å²) in [7, 11) is 0. The third-order valence-corrected chi connectivity index (χ3v) is 3.93. The molecule has 0 bridgehead atoms. The van der Waals surface area contributed by atoms with Gasteiger partial charge >= 0.3 is 0 Å². The maximum Gasteiger partial charge on any atom is 0.0393 e. The molecule has 0 unspecified atom stereocenters. The van der Waals surface area contributed by atoms with Crippen LogP contribution in [0.2, 0.25) is 0 Å². The van der Waals surface area contributed by atoms with Gasteiger partial charge in [-0.05, 0) is 48.3 Å². The van der Waals surface area contributed by atoms with Crippen molar-refractivity contribution >= 4 is 17.5 Å². The van der Waals surface area contributed by atoms with E-state index >= 15 is 0 Å². The van der Waals surface area contributed by atoms with E-state index in [1.807, 2.05) is 36.4 Å². The van der Waals surface area contributed by atoms with Gasteiger partial charge in [-0.25, -0.2) is 0 Å². The Kier molecular flexibility index (Phi) is 7.94. The first kappa shape index (κ1) is 19.3. The lowest BCUT2D eigenvalue weighted by Gasteiger charge is -2.11. The monoisotopic (exact) mass is 345 g/mol. The van der Waals surface area contributed by atoms with Crippen LogP contribution in [0, 0.1) is 5.41 Å². The number of nitrogens with one attached hydrogen (secondary N) is 2. The lowest BCUT2D eigenvalue weighted by atomic mass is 9.99. The Labute approximate surface area is 156 Å². The Morgan fingerprint density at radius 1 is 1.08 bits per heavy atom. The predicted octanol–water partition coefficient (Wildman–Crippen LogP) is 4.98. The van der Waals surface area contributed by atoms with E-state index in [-0.39, 0.29) is 0 Å². The van der Waals surface area contributed by atoms with Crippen LogP contribution in [0.3, 0.4) is 0 Å². The van der Waals surface area contributed by atoms with Gasteiger partial charge < -0.3 is 16.5 Å². The Morgan fingerprint density at radius 3 is 2.50 bits per heavy atom. The molecule has 0 fully saturated rings. The van der Waals surface area contributed by atoms with Crippen LogP contribution in [-0.4, -0.2) is 12.8 Å². The summed E-state index contributed by atoms with van der Waals surface area (Å²) in [6.07, 6.45) is 11.1. The number of allylic oxidation sites excluding steroid dienone is 5. The standard InChI is InChI=1S/C23H27N3/c1-2-17-26-21(11-8-16-24)18-20(22-12-6-7-13-23(22)25)15-14-19-9-4-3-5-10-19/h3-13,15-16,18,24,26H,2,14,17,25H2,1H3/b11-8-,20-15-,21-18-,24-16?. The third-order valence-electron chi connectivity index (χ3n) is 3.93. The highest BCUT2D eigenvalue weighted by Gasteiger charge is 2.04. The summed E-state index contributed by atoms with van der Waals surface area (Å²) >= 11 is 0. The molecule has 0 spiro atoms. The van der Waals surface area contributed by atoms with Crippen LogP contribution in [0.25, 0.3) is 5.57 Å². The molecule has 0 saturated heterocycles. The number of hydrogen-bond donors (Lipinski definition) is 3. The summed E-state index contributed by atoms with van der Waals surface area (Å²) in [6.45, 7) is 3.01. The molecular formula is C23H27N3. The second kappa shape index (κ2) is 10.7. The van der Waals surface area contributed by atoms with Gasteiger partial charge in [-0.1, -0.05) is 61.5 Å². The number of rotatable bonds is 9. The molecule has 4 N–H and O–H groups in total. The van der Waals surface area contributed by atoms with Crippen LogP contribution in [0.5, 0.6) is 0 Å². The molecule has 0 atom stereocenters. The van der Waals surface area contributed by atoms with Gasteiger partial charge in [0.2, 0.25) is 0 Å². The number of nitrogen functional groups attached to an aromatic ring is 1. The van der Waals surface area contributed by atoms with E-state index in [1.54, 1.807) is 6.08 Å². The first-order valence-electron chi connectivity index (χ1n) is 8.96. The normalized spacial score (nSPS) is 12.3. The van der Waals surface area contributed by atoms with Crippen LogP contribution in [0.1, 0.15) is 24.5 Å². The van der Waals surface area contributed by atoms with E-state index in [0.29, 0.717) is 0 Å². The molecule has 0 aromatic heterocycles. The molecule has 2 aromatic carbocycles. The molecule has 0 aliphatic rings. The van der Waals surface area contributed by atoms with E-state index in [0.717, 1.165) is 41.9 Å². The van der Waals surface area contributed by atoms with Gasteiger partial charge in [-0.3, -0.25) is 0 Å². The maximum absolute atomic E-state index is 7.25. The fourth-order valence-electron chi connectivity index (χ4n) is 2.60. The van der Waals surface area contributed by atoms with E-state index in [4.69, 9.17) is 11.1 Å². The van der Waals surface area contributed by atoms with Crippen molar-refractivity contribution < 1.29 is 0 Å². The third kappa shape index (κ3) is 6.10.